The average molecular weight is 363 g/mol. The highest BCUT2D eigenvalue weighted by Crippen LogP contribution is 2.27. The van der Waals surface area contributed by atoms with Gasteiger partial charge in [0.15, 0.2) is 0 Å². The molecule has 0 aliphatic heterocycles. The van der Waals surface area contributed by atoms with Crippen LogP contribution < -0.4 is 0 Å². The Labute approximate surface area is 167 Å². The molecule has 0 radical (unpaired) electrons. The largest absolute Gasteiger partial charge is 0.0683 e. The normalized spacial score (nSPS) is 9.48. The van der Waals surface area contributed by atoms with Crippen LogP contribution in [-0.4, -0.2) is 0 Å². The van der Waals surface area contributed by atoms with Gasteiger partial charge in [-0.25, -0.2) is 0 Å². The quantitative estimate of drug-likeness (QED) is 0.402. The summed E-state index contributed by atoms with van der Waals surface area (Å²) < 4.78 is 0. The molecule has 0 aromatic heterocycles. The molecule has 0 rings (SSSR count). The van der Waals surface area contributed by atoms with Crippen LogP contribution in [0.5, 0.6) is 0 Å². The maximum absolute atomic E-state index is 2.35. The van der Waals surface area contributed by atoms with Gasteiger partial charge in [-0.05, 0) is 17.8 Å². The fraction of sp³-hybridized carbons (Fsp3) is 1.00. The summed E-state index contributed by atoms with van der Waals surface area (Å²) in [5, 5.41) is 0. The van der Waals surface area contributed by atoms with Crippen molar-refractivity contribution in [3.63, 3.8) is 0 Å². The third-order valence-electron chi connectivity index (χ3n) is 3.98. The molecule has 0 saturated carbocycles. The van der Waals surface area contributed by atoms with Gasteiger partial charge in [0.05, 0.1) is 0 Å². The predicted octanol–water partition coefficient (Wildman–Crippen LogP) is 10.8. The lowest BCUT2D eigenvalue weighted by atomic mass is 9.83. The second-order valence-corrected chi connectivity index (χ2v) is 5.69. The van der Waals surface area contributed by atoms with Crippen LogP contribution in [0.4, 0.5) is 0 Å². The van der Waals surface area contributed by atoms with Crippen molar-refractivity contribution in [3.05, 3.63) is 0 Å². The summed E-state index contributed by atoms with van der Waals surface area (Å²) in [6.07, 6.45) is 9.68. The van der Waals surface area contributed by atoms with E-state index in [-0.39, 0.29) is 0 Å². The molecule has 0 aliphatic rings. The Morgan fingerprint density at radius 3 is 0.920 bits per heavy atom. The summed E-state index contributed by atoms with van der Waals surface area (Å²) in [5.41, 5.74) is 0. The molecular weight excluding hydrogens is 300 g/mol. The molecule has 0 heteroatoms. The van der Waals surface area contributed by atoms with E-state index in [1.54, 1.807) is 0 Å². The molecule has 1 atom stereocenters. The maximum Gasteiger partial charge on any atom is -0.0389 e. The van der Waals surface area contributed by atoms with E-state index in [1.807, 2.05) is 55.4 Å². The van der Waals surface area contributed by atoms with Crippen molar-refractivity contribution in [1.29, 1.82) is 0 Å². The van der Waals surface area contributed by atoms with Crippen LogP contribution in [0.3, 0.4) is 0 Å². The minimum Gasteiger partial charge on any atom is -0.0683 e. The highest BCUT2D eigenvalue weighted by molar-refractivity contribution is 4.66. The molecule has 0 amide bonds. The fourth-order valence-corrected chi connectivity index (χ4v) is 2.19. The molecular formula is C25H62. The first kappa shape index (κ1) is 39.9. The standard InChI is InChI=1S/C12H26.C5H12.4C2H6/c1-5-9-10-12(8-4)11(6-2)7-3;1-4-5(2)3;4*1-2/h11-12H,5-10H2,1-4H3;5H,4H2,1-3H3;4*1-2H3. The van der Waals surface area contributed by atoms with E-state index in [2.05, 4.69) is 48.5 Å². The van der Waals surface area contributed by atoms with Gasteiger partial charge < -0.3 is 0 Å². The Kier molecular flexibility index (Phi) is 79.1. The van der Waals surface area contributed by atoms with Gasteiger partial charge >= 0.3 is 0 Å². The Bertz CT molecular complexity index is 122. The Hall–Kier alpha value is 0. The van der Waals surface area contributed by atoms with Crippen LogP contribution in [0.25, 0.3) is 0 Å². The first-order valence-corrected chi connectivity index (χ1v) is 12.1. The molecule has 0 N–H and O–H groups in total. The predicted molar refractivity (Wildman–Crippen MR) is 128 cm³/mol. The van der Waals surface area contributed by atoms with E-state index in [9.17, 15) is 0 Å². The number of rotatable bonds is 8. The van der Waals surface area contributed by atoms with E-state index in [1.165, 1.54) is 44.9 Å². The molecule has 162 valence electrons. The topological polar surface area (TPSA) is 0 Å². The van der Waals surface area contributed by atoms with Crippen molar-refractivity contribution in [3.8, 4) is 0 Å². The molecule has 1 unspecified atom stereocenters. The molecule has 0 saturated heterocycles. The van der Waals surface area contributed by atoms with Crippen LogP contribution in [-0.2, 0) is 0 Å². The summed E-state index contributed by atoms with van der Waals surface area (Å²) in [4.78, 5) is 0. The van der Waals surface area contributed by atoms with Gasteiger partial charge in [0.25, 0.3) is 0 Å². The lowest BCUT2D eigenvalue weighted by molar-refractivity contribution is 0.280. The van der Waals surface area contributed by atoms with E-state index in [4.69, 9.17) is 0 Å². The minimum absolute atomic E-state index is 0.884. The molecule has 0 nitrogen and oxygen atoms in total. The van der Waals surface area contributed by atoms with Crippen LogP contribution in [0.2, 0.25) is 0 Å². The Balaban J connectivity index is -0.0000000580. The van der Waals surface area contributed by atoms with Crippen molar-refractivity contribution in [1.82, 2.24) is 0 Å². The molecule has 0 aliphatic carbocycles. The average Bonchev–Trinajstić information content (AvgIpc) is 2.71. The van der Waals surface area contributed by atoms with E-state index < -0.39 is 0 Å². The summed E-state index contributed by atoms with van der Waals surface area (Å²) in [6.45, 7) is 32.0. The zero-order valence-corrected chi connectivity index (χ0v) is 21.7. The zero-order chi connectivity index (χ0) is 21.7. The minimum atomic E-state index is 0.884. The van der Waals surface area contributed by atoms with Crippen molar-refractivity contribution in [2.75, 3.05) is 0 Å². The number of hydrogen-bond acceptors (Lipinski definition) is 0. The Morgan fingerprint density at radius 1 is 0.480 bits per heavy atom. The molecule has 0 fully saturated rings. The molecule has 0 aromatic rings. The van der Waals surface area contributed by atoms with E-state index in [0.717, 1.165) is 17.8 Å². The highest BCUT2D eigenvalue weighted by atomic mass is 14.2. The number of hydrogen-bond donors (Lipinski definition) is 0. The van der Waals surface area contributed by atoms with Gasteiger partial charge in [-0.15, -0.1) is 0 Å². The fourth-order valence-electron chi connectivity index (χ4n) is 2.19. The lowest BCUT2D eigenvalue weighted by Gasteiger charge is -2.23. The maximum atomic E-state index is 2.35. The third-order valence-corrected chi connectivity index (χ3v) is 3.98. The van der Waals surface area contributed by atoms with Crippen LogP contribution in [0.15, 0.2) is 0 Å². The smallest absolute Gasteiger partial charge is 0.0389 e. The van der Waals surface area contributed by atoms with Crippen molar-refractivity contribution < 1.29 is 0 Å². The van der Waals surface area contributed by atoms with Crippen molar-refractivity contribution in [2.45, 2.75) is 149 Å². The van der Waals surface area contributed by atoms with Gasteiger partial charge in [-0.1, -0.05) is 149 Å². The molecule has 0 heterocycles. The second-order valence-electron chi connectivity index (χ2n) is 5.69. The summed E-state index contributed by atoms with van der Waals surface area (Å²) in [7, 11) is 0. The summed E-state index contributed by atoms with van der Waals surface area (Å²) >= 11 is 0. The second kappa shape index (κ2) is 49.6. The van der Waals surface area contributed by atoms with Gasteiger partial charge in [0.2, 0.25) is 0 Å². The van der Waals surface area contributed by atoms with Crippen molar-refractivity contribution in [2.24, 2.45) is 17.8 Å². The van der Waals surface area contributed by atoms with Crippen LogP contribution in [0.1, 0.15) is 149 Å². The van der Waals surface area contributed by atoms with Gasteiger partial charge in [-0.3, -0.25) is 0 Å². The first-order valence-electron chi connectivity index (χ1n) is 12.1. The monoisotopic (exact) mass is 362 g/mol. The molecule has 0 aromatic carbocycles. The molecule has 0 bridgehead atoms. The third kappa shape index (κ3) is 45.4. The van der Waals surface area contributed by atoms with E-state index in [0.29, 0.717) is 0 Å². The first-order chi connectivity index (χ1) is 12.1. The van der Waals surface area contributed by atoms with Gasteiger partial charge in [0, 0.05) is 0 Å². The highest BCUT2D eigenvalue weighted by Gasteiger charge is 2.15. The lowest BCUT2D eigenvalue weighted by Crippen LogP contribution is -2.12. The van der Waals surface area contributed by atoms with E-state index >= 15 is 0 Å². The summed E-state index contributed by atoms with van der Waals surface area (Å²) in [5.74, 6) is 2.87. The molecule has 25 heavy (non-hydrogen) atoms. The van der Waals surface area contributed by atoms with Gasteiger partial charge in [0.1, 0.15) is 0 Å². The van der Waals surface area contributed by atoms with Gasteiger partial charge in [-0.2, -0.15) is 0 Å². The number of unbranched alkanes of at least 4 members (excludes halogenated alkanes) is 1. The SMILES string of the molecule is CC.CC.CC.CC.CCC(C)C.CCCCC(CC)C(CC)CC. The molecule has 0 spiro atoms. The van der Waals surface area contributed by atoms with Crippen molar-refractivity contribution >= 4 is 0 Å². The Morgan fingerprint density at radius 2 is 0.760 bits per heavy atom. The van der Waals surface area contributed by atoms with Crippen LogP contribution in [0, 0.1) is 17.8 Å². The summed E-state index contributed by atoms with van der Waals surface area (Å²) in [6, 6.07) is 0. The van der Waals surface area contributed by atoms with Crippen LogP contribution >= 0.6 is 0 Å². The zero-order valence-electron chi connectivity index (χ0n) is 21.7.